The van der Waals surface area contributed by atoms with Gasteiger partial charge < -0.3 is 9.30 Å². The van der Waals surface area contributed by atoms with Gasteiger partial charge in [-0.2, -0.15) is 0 Å². The molecule has 0 N–H and O–H groups in total. The largest absolute Gasteiger partial charge is 0.462 e. The predicted molar refractivity (Wildman–Crippen MR) is 83.4 cm³/mol. The second-order valence-electron chi connectivity index (χ2n) is 4.98. The van der Waals surface area contributed by atoms with Crippen molar-refractivity contribution in [3.05, 3.63) is 74.2 Å². The van der Waals surface area contributed by atoms with Crippen molar-refractivity contribution in [2.75, 3.05) is 6.61 Å². The number of nitrogens with zero attached hydrogens (tertiary/aromatic N) is 2. The molecule has 0 atom stereocenters. The lowest BCUT2D eigenvalue weighted by Crippen LogP contribution is -2.19. The van der Waals surface area contributed by atoms with E-state index in [1.807, 2.05) is 0 Å². The van der Waals surface area contributed by atoms with Gasteiger partial charge in [0, 0.05) is 30.4 Å². The molecule has 120 valence electrons. The van der Waals surface area contributed by atoms with E-state index in [0.29, 0.717) is 18.5 Å². The number of nitro groups is 1. The second-order valence-corrected chi connectivity index (χ2v) is 4.98. The smallest absolute Gasteiger partial charge is 0.338 e. The van der Waals surface area contributed by atoms with Crippen LogP contribution in [0.5, 0.6) is 0 Å². The minimum atomic E-state index is -0.617. The number of hydrogen-bond donors (Lipinski definition) is 0. The summed E-state index contributed by atoms with van der Waals surface area (Å²) < 4.78 is 6.61. The third-order valence-corrected chi connectivity index (χ3v) is 3.32. The van der Waals surface area contributed by atoms with Gasteiger partial charge in [-0.15, -0.1) is 0 Å². The van der Waals surface area contributed by atoms with Crippen molar-refractivity contribution in [3.8, 4) is 0 Å². The summed E-state index contributed by atoms with van der Waals surface area (Å²) in [5, 5.41) is 10.9. The number of aromatic nitrogens is 1. The average molecular weight is 316 g/mol. The summed E-state index contributed by atoms with van der Waals surface area (Å²) in [5.41, 5.74) is 0.387. The standard InChI is InChI=1S/C16H16N2O5/c1-12-6-7-13(11-14(12)18(21)22)16(20)23-10-4-9-17-8-3-2-5-15(17)19/h2-3,5-8,11H,4,9-10H2,1H3. The van der Waals surface area contributed by atoms with Crippen LogP contribution in [0.2, 0.25) is 0 Å². The van der Waals surface area contributed by atoms with Gasteiger partial charge in [-0.25, -0.2) is 4.79 Å². The normalized spacial score (nSPS) is 10.3. The summed E-state index contributed by atoms with van der Waals surface area (Å²) >= 11 is 0. The van der Waals surface area contributed by atoms with Crippen molar-refractivity contribution in [1.82, 2.24) is 4.57 Å². The van der Waals surface area contributed by atoms with Gasteiger partial charge in [0.1, 0.15) is 0 Å². The van der Waals surface area contributed by atoms with Gasteiger partial charge in [0.25, 0.3) is 5.69 Å². The lowest BCUT2D eigenvalue weighted by molar-refractivity contribution is -0.385. The molecule has 7 nitrogen and oxygen atoms in total. The van der Waals surface area contributed by atoms with Crippen molar-refractivity contribution in [2.24, 2.45) is 0 Å². The summed E-state index contributed by atoms with van der Waals surface area (Å²) in [6.07, 6.45) is 2.14. The highest BCUT2D eigenvalue weighted by Gasteiger charge is 2.15. The molecule has 0 aliphatic rings. The van der Waals surface area contributed by atoms with E-state index in [1.165, 1.54) is 28.8 Å². The molecule has 0 fully saturated rings. The second kappa shape index (κ2) is 7.35. The first-order valence-corrected chi connectivity index (χ1v) is 7.06. The molecule has 0 radical (unpaired) electrons. The van der Waals surface area contributed by atoms with E-state index < -0.39 is 10.9 Å². The van der Waals surface area contributed by atoms with Crippen molar-refractivity contribution in [2.45, 2.75) is 19.9 Å². The molecule has 0 saturated heterocycles. The Kier molecular flexibility index (Phi) is 5.24. The fourth-order valence-electron chi connectivity index (χ4n) is 2.06. The average Bonchev–Trinajstić information content (AvgIpc) is 2.53. The molecule has 7 heteroatoms. The number of esters is 1. The first kappa shape index (κ1) is 16.4. The van der Waals surface area contributed by atoms with Gasteiger partial charge in [0.2, 0.25) is 5.56 Å². The Labute approximate surface area is 132 Å². The van der Waals surface area contributed by atoms with Crippen LogP contribution in [0.15, 0.2) is 47.4 Å². The summed E-state index contributed by atoms with van der Waals surface area (Å²) in [4.78, 5) is 33.7. The van der Waals surface area contributed by atoms with Crippen LogP contribution >= 0.6 is 0 Å². The molecule has 0 bridgehead atoms. The van der Waals surface area contributed by atoms with Crippen LogP contribution < -0.4 is 5.56 Å². The Morgan fingerprint density at radius 3 is 2.78 bits per heavy atom. The first-order chi connectivity index (χ1) is 11.0. The molecule has 0 aliphatic carbocycles. The molecule has 1 heterocycles. The highest BCUT2D eigenvalue weighted by Crippen LogP contribution is 2.19. The SMILES string of the molecule is Cc1ccc(C(=O)OCCCn2ccccc2=O)cc1[N+](=O)[O-]. The minimum absolute atomic E-state index is 0.115. The van der Waals surface area contributed by atoms with E-state index in [2.05, 4.69) is 0 Å². The van der Waals surface area contributed by atoms with Crippen LogP contribution in [0.25, 0.3) is 0 Å². The Morgan fingerprint density at radius 1 is 1.30 bits per heavy atom. The number of rotatable bonds is 6. The van der Waals surface area contributed by atoms with E-state index in [4.69, 9.17) is 4.74 Å². The van der Waals surface area contributed by atoms with Crippen molar-refractivity contribution < 1.29 is 14.5 Å². The number of benzene rings is 1. The fraction of sp³-hybridized carbons (Fsp3) is 0.250. The van der Waals surface area contributed by atoms with Crippen molar-refractivity contribution in [3.63, 3.8) is 0 Å². The van der Waals surface area contributed by atoms with E-state index in [0.717, 1.165) is 0 Å². The van der Waals surface area contributed by atoms with Crippen LogP contribution in [0.1, 0.15) is 22.3 Å². The Morgan fingerprint density at radius 2 is 2.09 bits per heavy atom. The van der Waals surface area contributed by atoms with Crippen LogP contribution in [0.3, 0.4) is 0 Å². The Bertz CT molecular complexity index is 782. The maximum atomic E-state index is 11.9. The minimum Gasteiger partial charge on any atom is -0.462 e. The number of ether oxygens (including phenoxy) is 1. The van der Waals surface area contributed by atoms with Crippen molar-refractivity contribution >= 4 is 11.7 Å². The predicted octanol–water partition coefficient (Wildman–Crippen LogP) is 2.31. The summed E-state index contributed by atoms with van der Waals surface area (Å²) in [7, 11) is 0. The van der Waals surface area contributed by atoms with E-state index >= 15 is 0 Å². The van der Waals surface area contributed by atoms with E-state index in [1.54, 1.807) is 25.3 Å². The molecule has 1 aromatic carbocycles. The number of nitro benzene ring substituents is 1. The van der Waals surface area contributed by atoms with Crippen molar-refractivity contribution in [1.29, 1.82) is 0 Å². The molecule has 1 aromatic heterocycles. The summed E-state index contributed by atoms with van der Waals surface area (Å²) in [6, 6.07) is 9.07. The number of hydrogen-bond acceptors (Lipinski definition) is 5. The maximum Gasteiger partial charge on any atom is 0.338 e. The van der Waals surface area contributed by atoms with Crippen LogP contribution in [-0.4, -0.2) is 22.1 Å². The van der Waals surface area contributed by atoms with E-state index in [9.17, 15) is 19.7 Å². The molecule has 0 spiro atoms. The molecular formula is C16H16N2O5. The number of carbonyl (C=O) groups excluding carboxylic acids is 1. The molecule has 2 rings (SSSR count). The number of pyridine rings is 1. The molecule has 0 amide bonds. The molecule has 0 saturated carbocycles. The van der Waals surface area contributed by atoms with Crippen LogP contribution in [0, 0.1) is 17.0 Å². The molecule has 0 unspecified atom stereocenters. The first-order valence-electron chi connectivity index (χ1n) is 7.06. The molecule has 2 aromatic rings. The summed E-state index contributed by atoms with van der Waals surface area (Å²) in [5.74, 6) is -0.617. The van der Waals surface area contributed by atoms with Crippen LogP contribution in [-0.2, 0) is 11.3 Å². The Balaban J connectivity index is 1.90. The maximum absolute atomic E-state index is 11.9. The highest BCUT2D eigenvalue weighted by atomic mass is 16.6. The van der Waals surface area contributed by atoms with Crippen LogP contribution in [0.4, 0.5) is 5.69 Å². The molecular weight excluding hydrogens is 300 g/mol. The molecule has 0 aliphatic heterocycles. The highest BCUT2D eigenvalue weighted by molar-refractivity contribution is 5.90. The van der Waals surface area contributed by atoms with Gasteiger partial charge in [-0.1, -0.05) is 12.1 Å². The fourth-order valence-corrected chi connectivity index (χ4v) is 2.06. The topological polar surface area (TPSA) is 91.4 Å². The lowest BCUT2D eigenvalue weighted by Gasteiger charge is -2.07. The third kappa shape index (κ3) is 4.26. The summed E-state index contributed by atoms with van der Waals surface area (Å²) in [6.45, 7) is 2.16. The zero-order valence-corrected chi connectivity index (χ0v) is 12.6. The quantitative estimate of drug-likeness (QED) is 0.353. The zero-order valence-electron chi connectivity index (χ0n) is 12.6. The molecule has 23 heavy (non-hydrogen) atoms. The zero-order chi connectivity index (χ0) is 16.8. The van der Waals surface area contributed by atoms with Gasteiger partial charge in [0.05, 0.1) is 17.1 Å². The van der Waals surface area contributed by atoms with Gasteiger partial charge in [-0.05, 0) is 25.5 Å². The third-order valence-electron chi connectivity index (χ3n) is 3.32. The lowest BCUT2D eigenvalue weighted by atomic mass is 10.1. The van der Waals surface area contributed by atoms with Gasteiger partial charge in [0.15, 0.2) is 0 Å². The monoisotopic (exact) mass is 316 g/mol. The van der Waals surface area contributed by atoms with Gasteiger partial charge in [-0.3, -0.25) is 14.9 Å². The van der Waals surface area contributed by atoms with E-state index in [-0.39, 0.29) is 23.4 Å². The Hall–Kier alpha value is -2.96. The van der Waals surface area contributed by atoms with Gasteiger partial charge >= 0.3 is 5.97 Å². The number of aryl methyl sites for hydroxylation is 2. The number of carbonyl (C=O) groups is 1.